The van der Waals surface area contributed by atoms with Gasteiger partial charge in [0.05, 0.1) is 5.92 Å². The number of carbonyl (C=O) groups is 1. The molecule has 0 aliphatic heterocycles. The van der Waals surface area contributed by atoms with Gasteiger partial charge in [-0.25, -0.2) is 0 Å². The van der Waals surface area contributed by atoms with Crippen LogP contribution in [0.15, 0.2) is 28.7 Å². The molecule has 0 fully saturated rings. The van der Waals surface area contributed by atoms with E-state index in [2.05, 4.69) is 27.8 Å². The van der Waals surface area contributed by atoms with E-state index in [1.165, 1.54) is 0 Å². The fourth-order valence-electron chi connectivity index (χ4n) is 1.40. The Hall–Kier alpha value is -1.27. The third-order valence-corrected chi connectivity index (χ3v) is 3.07. The quantitative estimate of drug-likeness (QED) is 0.861. The molecule has 3 heteroatoms. The van der Waals surface area contributed by atoms with Crippen LogP contribution >= 0.6 is 15.9 Å². The number of hydrogen-bond acceptors (Lipinski definition) is 1. The van der Waals surface area contributed by atoms with E-state index < -0.39 is 11.9 Å². The number of carboxylic acids is 1. The highest BCUT2D eigenvalue weighted by molar-refractivity contribution is 9.10. The lowest BCUT2D eigenvalue weighted by Crippen LogP contribution is -2.16. The first-order valence-electron chi connectivity index (χ1n) is 5.01. The molecule has 84 valence electrons. The first-order chi connectivity index (χ1) is 7.65. The first-order valence-corrected chi connectivity index (χ1v) is 5.80. The Morgan fingerprint density at radius 1 is 1.50 bits per heavy atom. The largest absolute Gasteiger partial charge is 0.481 e. The molecule has 0 bridgehead atoms. The zero-order valence-electron chi connectivity index (χ0n) is 9.03. The van der Waals surface area contributed by atoms with Crippen LogP contribution in [0.25, 0.3) is 0 Å². The minimum absolute atomic E-state index is 0.396. The molecule has 0 radical (unpaired) electrons. The van der Waals surface area contributed by atoms with Gasteiger partial charge in [0.2, 0.25) is 0 Å². The molecule has 0 saturated heterocycles. The van der Waals surface area contributed by atoms with E-state index in [1.54, 1.807) is 6.92 Å². The molecular weight excluding hydrogens is 268 g/mol. The Morgan fingerprint density at radius 2 is 2.19 bits per heavy atom. The molecule has 0 aliphatic carbocycles. The number of halogens is 1. The lowest BCUT2D eigenvalue weighted by atomic mass is 9.96. The zero-order chi connectivity index (χ0) is 12.0. The Balaban J connectivity index is 2.78. The molecule has 1 atom stereocenters. The molecule has 0 aliphatic rings. The van der Waals surface area contributed by atoms with Crippen molar-refractivity contribution in [2.24, 2.45) is 5.92 Å². The molecule has 0 aromatic heterocycles. The van der Waals surface area contributed by atoms with Crippen LogP contribution in [0.3, 0.4) is 0 Å². The van der Waals surface area contributed by atoms with Gasteiger partial charge in [-0.3, -0.25) is 4.79 Å². The SMILES string of the molecule is CC#CCC(Cc1ccccc1Br)C(=O)O. The highest BCUT2D eigenvalue weighted by Gasteiger charge is 2.17. The molecule has 1 aromatic rings. The second-order valence-corrected chi connectivity index (χ2v) is 4.32. The number of rotatable bonds is 4. The molecule has 1 aromatic carbocycles. The van der Waals surface area contributed by atoms with Crippen molar-refractivity contribution in [3.05, 3.63) is 34.3 Å². The molecular formula is C13H13BrO2. The smallest absolute Gasteiger partial charge is 0.307 e. The Bertz CT molecular complexity index is 429. The average Bonchev–Trinajstić information content (AvgIpc) is 2.26. The molecule has 0 amide bonds. The highest BCUT2D eigenvalue weighted by Crippen LogP contribution is 2.20. The fourth-order valence-corrected chi connectivity index (χ4v) is 1.85. The van der Waals surface area contributed by atoms with Gasteiger partial charge in [-0.05, 0) is 25.0 Å². The van der Waals surface area contributed by atoms with Crippen molar-refractivity contribution < 1.29 is 9.90 Å². The van der Waals surface area contributed by atoms with Gasteiger partial charge in [-0.2, -0.15) is 0 Å². The van der Waals surface area contributed by atoms with Crippen molar-refractivity contribution in [3.63, 3.8) is 0 Å². The van der Waals surface area contributed by atoms with Crippen molar-refractivity contribution in [1.82, 2.24) is 0 Å². The van der Waals surface area contributed by atoms with E-state index in [-0.39, 0.29) is 0 Å². The van der Waals surface area contributed by atoms with Gasteiger partial charge >= 0.3 is 5.97 Å². The zero-order valence-corrected chi connectivity index (χ0v) is 10.6. The second-order valence-electron chi connectivity index (χ2n) is 3.46. The number of hydrogen-bond donors (Lipinski definition) is 1. The normalized spacial score (nSPS) is 11.4. The van der Waals surface area contributed by atoms with Crippen LogP contribution in [0.2, 0.25) is 0 Å². The third-order valence-electron chi connectivity index (χ3n) is 2.30. The molecule has 1 unspecified atom stereocenters. The Morgan fingerprint density at radius 3 is 2.75 bits per heavy atom. The second kappa shape index (κ2) is 6.34. The van der Waals surface area contributed by atoms with Crippen molar-refractivity contribution >= 4 is 21.9 Å². The average molecular weight is 281 g/mol. The molecule has 0 spiro atoms. The molecule has 1 N–H and O–H groups in total. The monoisotopic (exact) mass is 280 g/mol. The van der Waals surface area contributed by atoms with E-state index >= 15 is 0 Å². The summed E-state index contributed by atoms with van der Waals surface area (Å²) in [7, 11) is 0. The first kappa shape index (κ1) is 12.8. The minimum Gasteiger partial charge on any atom is -0.481 e. The maximum absolute atomic E-state index is 11.0. The Labute approximate surface area is 104 Å². The summed E-state index contributed by atoms with van der Waals surface area (Å²) >= 11 is 3.41. The lowest BCUT2D eigenvalue weighted by Gasteiger charge is -2.10. The van der Waals surface area contributed by atoms with Crippen LogP contribution in [-0.2, 0) is 11.2 Å². The van der Waals surface area contributed by atoms with Gasteiger partial charge in [0.15, 0.2) is 0 Å². The van der Waals surface area contributed by atoms with Gasteiger partial charge in [0, 0.05) is 10.9 Å². The predicted molar refractivity (Wildman–Crippen MR) is 67.0 cm³/mol. The predicted octanol–water partition coefficient (Wildman–Crippen LogP) is 3.11. The number of carboxylic acid groups (broad SMARTS) is 1. The molecule has 0 heterocycles. The van der Waals surface area contributed by atoms with E-state index in [0.29, 0.717) is 12.8 Å². The standard InChI is InChI=1S/C13H13BrO2/c1-2-3-6-11(13(15)16)9-10-7-4-5-8-12(10)14/h4-5,7-8,11H,6,9H2,1H3,(H,15,16). The summed E-state index contributed by atoms with van der Waals surface area (Å²) in [5.74, 6) is 4.32. The van der Waals surface area contributed by atoms with Crippen LogP contribution in [-0.4, -0.2) is 11.1 Å². The van der Waals surface area contributed by atoms with Crippen LogP contribution in [0.5, 0.6) is 0 Å². The topological polar surface area (TPSA) is 37.3 Å². The summed E-state index contributed by atoms with van der Waals surface area (Å²) < 4.78 is 0.950. The van der Waals surface area contributed by atoms with Crippen LogP contribution in [0.4, 0.5) is 0 Å². The third kappa shape index (κ3) is 3.71. The van der Waals surface area contributed by atoms with Gasteiger partial charge < -0.3 is 5.11 Å². The summed E-state index contributed by atoms with van der Waals surface area (Å²) in [6, 6.07) is 7.67. The van der Waals surface area contributed by atoms with Gasteiger partial charge in [0.1, 0.15) is 0 Å². The Kier molecular flexibility index (Phi) is 5.07. The van der Waals surface area contributed by atoms with Gasteiger partial charge in [-0.15, -0.1) is 11.8 Å². The van der Waals surface area contributed by atoms with Crippen LogP contribution in [0.1, 0.15) is 18.9 Å². The van der Waals surface area contributed by atoms with Crippen molar-refractivity contribution in [2.45, 2.75) is 19.8 Å². The summed E-state index contributed by atoms with van der Waals surface area (Å²) in [4.78, 5) is 11.0. The van der Waals surface area contributed by atoms with Crippen LogP contribution in [0, 0.1) is 17.8 Å². The van der Waals surface area contributed by atoms with Crippen molar-refractivity contribution in [3.8, 4) is 11.8 Å². The summed E-state index contributed by atoms with van der Waals surface area (Å²) in [6.45, 7) is 1.72. The highest BCUT2D eigenvalue weighted by atomic mass is 79.9. The van der Waals surface area contributed by atoms with Crippen molar-refractivity contribution in [1.29, 1.82) is 0 Å². The maximum Gasteiger partial charge on any atom is 0.307 e. The fraction of sp³-hybridized carbons (Fsp3) is 0.308. The lowest BCUT2D eigenvalue weighted by molar-refractivity contribution is -0.141. The van der Waals surface area contributed by atoms with Gasteiger partial charge in [0.25, 0.3) is 0 Å². The summed E-state index contributed by atoms with van der Waals surface area (Å²) in [5.41, 5.74) is 1.01. The molecule has 2 nitrogen and oxygen atoms in total. The van der Waals surface area contributed by atoms with Crippen molar-refractivity contribution in [2.75, 3.05) is 0 Å². The minimum atomic E-state index is -0.793. The summed E-state index contributed by atoms with van der Waals surface area (Å²) in [6.07, 6.45) is 0.901. The van der Waals surface area contributed by atoms with E-state index in [1.807, 2.05) is 24.3 Å². The number of aliphatic carboxylic acids is 1. The summed E-state index contributed by atoms with van der Waals surface area (Å²) in [5, 5.41) is 9.07. The van der Waals surface area contributed by atoms with E-state index in [0.717, 1.165) is 10.0 Å². The van der Waals surface area contributed by atoms with Gasteiger partial charge in [-0.1, -0.05) is 34.1 Å². The maximum atomic E-state index is 11.0. The molecule has 16 heavy (non-hydrogen) atoms. The van der Waals surface area contributed by atoms with Crippen LogP contribution < -0.4 is 0 Å². The molecule has 1 rings (SSSR count). The van der Waals surface area contributed by atoms with E-state index in [9.17, 15) is 4.79 Å². The van der Waals surface area contributed by atoms with E-state index in [4.69, 9.17) is 5.11 Å². The molecule has 0 saturated carbocycles. The number of benzene rings is 1.